The van der Waals surface area contributed by atoms with Crippen LogP contribution in [0.1, 0.15) is 12.8 Å². The quantitative estimate of drug-likeness (QED) is 0.722. The zero-order chi connectivity index (χ0) is 15.0. The van der Waals surface area contributed by atoms with E-state index >= 15 is 0 Å². The second-order valence-electron chi connectivity index (χ2n) is 4.30. The topological polar surface area (TPSA) is 47.3 Å². The molecule has 0 aliphatic heterocycles. The van der Waals surface area contributed by atoms with Gasteiger partial charge < -0.3 is 15.8 Å². The van der Waals surface area contributed by atoms with E-state index in [0.29, 0.717) is 13.2 Å². The molecule has 0 fully saturated rings. The van der Waals surface area contributed by atoms with Gasteiger partial charge in [-0.2, -0.15) is 13.2 Å². The number of alkyl halides is 3. The number of nitrogens with one attached hydrogen (secondary N) is 1. The Morgan fingerprint density at radius 3 is 2.45 bits per heavy atom. The molecule has 0 aliphatic carbocycles. The van der Waals surface area contributed by atoms with Gasteiger partial charge >= 0.3 is 5.51 Å². The van der Waals surface area contributed by atoms with Crippen LogP contribution in [0.2, 0.25) is 0 Å². The second kappa shape index (κ2) is 8.39. The Hall–Kier alpha value is -0.920. The van der Waals surface area contributed by atoms with E-state index in [9.17, 15) is 13.2 Å². The Balaban J connectivity index is 2.58. The van der Waals surface area contributed by atoms with Crippen LogP contribution in [-0.4, -0.2) is 31.8 Å². The van der Waals surface area contributed by atoms with Crippen LogP contribution >= 0.6 is 11.8 Å². The highest BCUT2D eigenvalue weighted by Crippen LogP contribution is 2.37. The van der Waals surface area contributed by atoms with Gasteiger partial charge in [-0.1, -0.05) is 0 Å². The first-order chi connectivity index (χ1) is 9.44. The summed E-state index contributed by atoms with van der Waals surface area (Å²) in [4.78, 5) is 0.174. The van der Waals surface area contributed by atoms with E-state index in [-0.39, 0.29) is 22.7 Å². The standard InChI is InChI=1S/C13H19F3N2OS/c1-19-9-11(3-2-8-17)18-10-4-6-12(7-5-10)20-13(14,15)16/h4-7,11,18H,2-3,8-9,17H2,1H3. The van der Waals surface area contributed by atoms with E-state index in [1.165, 1.54) is 12.1 Å². The number of thioether (sulfide) groups is 1. The lowest BCUT2D eigenvalue weighted by Crippen LogP contribution is -2.25. The van der Waals surface area contributed by atoms with Gasteiger partial charge in [-0.25, -0.2) is 0 Å². The molecule has 1 atom stereocenters. The molecular formula is C13H19F3N2OS. The highest BCUT2D eigenvalue weighted by atomic mass is 32.2. The van der Waals surface area contributed by atoms with Gasteiger partial charge in [0, 0.05) is 23.7 Å². The van der Waals surface area contributed by atoms with E-state index < -0.39 is 5.51 Å². The van der Waals surface area contributed by atoms with Crippen LogP contribution in [0.4, 0.5) is 18.9 Å². The van der Waals surface area contributed by atoms with Crippen LogP contribution in [0.3, 0.4) is 0 Å². The fraction of sp³-hybridized carbons (Fsp3) is 0.538. The number of anilines is 1. The summed E-state index contributed by atoms with van der Waals surface area (Å²) in [7, 11) is 1.61. The molecule has 1 unspecified atom stereocenters. The summed E-state index contributed by atoms with van der Waals surface area (Å²) in [5.74, 6) is 0. The molecule has 1 aromatic carbocycles. The van der Waals surface area contributed by atoms with Crippen LogP contribution in [0.25, 0.3) is 0 Å². The maximum absolute atomic E-state index is 12.2. The van der Waals surface area contributed by atoms with Gasteiger partial charge in [0.25, 0.3) is 0 Å². The predicted molar refractivity (Wildman–Crippen MR) is 75.9 cm³/mol. The fourth-order valence-corrected chi connectivity index (χ4v) is 2.29. The molecular weight excluding hydrogens is 289 g/mol. The molecule has 114 valence electrons. The fourth-order valence-electron chi connectivity index (χ4n) is 1.75. The Morgan fingerprint density at radius 1 is 1.30 bits per heavy atom. The number of ether oxygens (including phenoxy) is 1. The third-order valence-corrected chi connectivity index (χ3v) is 3.32. The summed E-state index contributed by atoms with van der Waals surface area (Å²) in [6, 6.07) is 6.28. The molecule has 0 aliphatic rings. The minimum Gasteiger partial charge on any atom is -0.383 e. The van der Waals surface area contributed by atoms with E-state index in [2.05, 4.69) is 5.32 Å². The molecule has 0 saturated heterocycles. The second-order valence-corrected chi connectivity index (χ2v) is 5.44. The van der Waals surface area contributed by atoms with Gasteiger partial charge in [0.05, 0.1) is 6.61 Å². The van der Waals surface area contributed by atoms with Gasteiger partial charge in [-0.15, -0.1) is 0 Å². The summed E-state index contributed by atoms with van der Waals surface area (Å²) in [5.41, 5.74) is 1.99. The van der Waals surface area contributed by atoms with Gasteiger partial charge in [-0.3, -0.25) is 0 Å². The lowest BCUT2D eigenvalue weighted by molar-refractivity contribution is -0.0328. The molecule has 0 aromatic heterocycles. The van der Waals surface area contributed by atoms with Crippen molar-refractivity contribution in [3.05, 3.63) is 24.3 Å². The maximum atomic E-state index is 12.2. The Bertz CT molecular complexity index is 384. The first-order valence-corrected chi connectivity index (χ1v) is 7.07. The Kier molecular flexibility index (Phi) is 7.18. The Labute approximate surface area is 121 Å². The zero-order valence-electron chi connectivity index (χ0n) is 11.2. The Morgan fingerprint density at radius 2 is 1.95 bits per heavy atom. The summed E-state index contributed by atoms with van der Waals surface area (Å²) >= 11 is -0.117. The van der Waals surface area contributed by atoms with Crippen LogP contribution in [0, 0.1) is 0 Å². The number of nitrogens with two attached hydrogens (primary N) is 1. The van der Waals surface area contributed by atoms with Crippen LogP contribution < -0.4 is 11.1 Å². The largest absolute Gasteiger partial charge is 0.446 e. The number of hydrogen-bond acceptors (Lipinski definition) is 4. The lowest BCUT2D eigenvalue weighted by atomic mass is 10.1. The average molecular weight is 308 g/mol. The van der Waals surface area contributed by atoms with Gasteiger partial charge in [0.15, 0.2) is 0 Å². The third kappa shape index (κ3) is 7.02. The van der Waals surface area contributed by atoms with Crippen molar-refractivity contribution in [3.8, 4) is 0 Å². The van der Waals surface area contributed by atoms with Crippen LogP contribution in [0.15, 0.2) is 29.2 Å². The van der Waals surface area contributed by atoms with Crippen molar-refractivity contribution in [1.82, 2.24) is 0 Å². The predicted octanol–water partition coefficient (Wildman–Crippen LogP) is 3.46. The van der Waals surface area contributed by atoms with Gasteiger partial charge in [0.1, 0.15) is 0 Å². The molecule has 0 heterocycles. The van der Waals surface area contributed by atoms with Crippen molar-refractivity contribution in [2.24, 2.45) is 5.73 Å². The average Bonchev–Trinajstić information content (AvgIpc) is 2.37. The molecule has 0 saturated carbocycles. The maximum Gasteiger partial charge on any atom is 0.446 e. The summed E-state index contributed by atoms with van der Waals surface area (Å²) in [6.07, 6.45) is 1.71. The molecule has 7 heteroatoms. The normalized spacial score (nSPS) is 13.2. The summed E-state index contributed by atoms with van der Waals surface area (Å²) < 4.78 is 41.7. The third-order valence-electron chi connectivity index (χ3n) is 2.58. The first kappa shape index (κ1) is 17.1. The van der Waals surface area contributed by atoms with E-state index in [0.717, 1.165) is 18.5 Å². The van der Waals surface area contributed by atoms with Crippen LogP contribution in [-0.2, 0) is 4.74 Å². The van der Waals surface area contributed by atoms with Crippen molar-refractivity contribution in [2.75, 3.05) is 25.6 Å². The van der Waals surface area contributed by atoms with Crippen molar-refractivity contribution >= 4 is 17.4 Å². The number of hydrogen-bond donors (Lipinski definition) is 2. The number of methoxy groups -OCH3 is 1. The zero-order valence-corrected chi connectivity index (χ0v) is 12.1. The minimum absolute atomic E-state index is 0.102. The van der Waals surface area contributed by atoms with Crippen molar-refractivity contribution in [3.63, 3.8) is 0 Å². The van der Waals surface area contributed by atoms with Gasteiger partial charge in [0.2, 0.25) is 0 Å². The first-order valence-electron chi connectivity index (χ1n) is 6.26. The SMILES string of the molecule is COCC(CCCN)Nc1ccc(SC(F)(F)F)cc1. The smallest absolute Gasteiger partial charge is 0.383 e. The highest BCUT2D eigenvalue weighted by Gasteiger charge is 2.29. The molecule has 1 aromatic rings. The lowest BCUT2D eigenvalue weighted by Gasteiger charge is -2.19. The molecule has 0 radical (unpaired) electrons. The molecule has 1 rings (SSSR count). The number of rotatable bonds is 8. The van der Waals surface area contributed by atoms with E-state index in [1.807, 2.05) is 0 Å². The summed E-state index contributed by atoms with van der Waals surface area (Å²) in [6.45, 7) is 1.13. The molecule has 0 bridgehead atoms. The molecule has 0 spiro atoms. The molecule has 3 nitrogen and oxygen atoms in total. The molecule has 3 N–H and O–H groups in total. The molecule has 0 amide bonds. The summed E-state index contributed by atoms with van der Waals surface area (Å²) in [5, 5.41) is 3.23. The van der Waals surface area contributed by atoms with Crippen molar-refractivity contribution in [1.29, 1.82) is 0 Å². The number of halogens is 3. The van der Waals surface area contributed by atoms with E-state index in [1.54, 1.807) is 19.2 Å². The van der Waals surface area contributed by atoms with Crippen LogP contribution in [0.5, 0.6) is 0 Å². The minimum atomic E-state index is -4.26. The monoisotopic (exact) mass is 308 g/mol. The van der Waals surface area contributed by atoms with Gasteiger partial charge in [-0.05, 0) is 55.4 Å². The van der Waals surface area contributed by atoms with Crippen molar-refractivity contribution < 1.29 is 17.9 Å². The van der Waals surface area contributed by atoms with E-state index in [4.69, 9.17) is 10.5 Å². The van der Waals surface area contributed by atoms with Crippen molar-refractivity contribution in [2.45, 2.75) is 29.3 Å². The highest BCUT2D eigenvalue weighted by molar-refractivity contribution is 8.00. The number of benzene rings is 1. The molecule has 20 heavy (non-hydrogen) atoms.